The molecule has 8 heteroatoms. The highest BCUT2D eigenvalue weighted by Crippen LogP contribution is 2.38. The van der Waals surface area contributed by atoms with Crippen LogP contribution in [0.5, 0.6) is 0 Å². The number of pyridine rings is 2. The first-order chi connectivity index (χ1) is 13.0. The molecule has 0 bridgehead atoms. The van der Waals surface area contributed by atoms with Crippen molar-refractivity contribution in [3.63, 3.8) is 0 Å². The van der Waals surface area contributed by atoms with E-state index >= 15 is 0 Å². The van der Waals surface area contributed by atoms with Gasteiger partial charge in [-0.05, 0) is 29.8 Å². The van der Waals surface area contributed by atoms with Gasteiger partial charge in [0.15, 0.2) is 6.10 Å². The van der Waals surface area contributed by atoms with Crippen molar-refractivity contribution in [1.29, 1.82) is 0 Å². The van der Waals surface area contributed by atoms with E-state index in [0.29, 0.717) is 34.4 Å². The van der Waals surface area contributed by atoms with Crippen molar-refractivity contribution in [2.45, 2.75) is 24.6 Å². The van der Waals surface area contributed by atoms with E-state index in [1.54, 1.807) is 10.6 Å². The summed E-state index contributed by atoms with van der Waals surface area (Å²) in [6.07, 6.45) is -1.44. The number of ether oxygens (including phenoxy) is 1. The molecule has 1 aromatic carbocycles. The fraction of sp³-hybridized carbons (Fsp3) is 0.211. The van der Waals surface area contributed by atoms with Gasteiger partial charge in [-0.2, -0.15) is 0 Å². The lowest BCUT2D eigenvalue weighted by molar-refractivity contribution is -0.157. The van der Waals surface area contributed by atoms with Gasteiger partial charge in [-0.3, -0.25) is 4.79 Å². The maximum atomic E-state index is 13.0. The summed E-state index contributed by atoms with van der Waals surface area (Å²) in [6, 6.07) is 7.57. The number of aliphatic hydroxyl groups is 1. The smallest absolute Gasteiger partial charge is 0.340 e. The molecule has 1 unspecified atom stereocenters. The van der Waals surface area contributed by atoms with Crippen LogP contribution in [0.2, 0.25) is 0 Å². The fourth-order valence-electron chi connectivity index (χ4n) is 3.83. The summed E-state index contributed by atoms with van der Waals surface area (Å²) in [6.45, 7) is 0.283. The number of rotatable bonds is 1. The zero-order valence-corrected chi connectivity index (χ0v) is 17.0. The van der Waals surface area contributed by atoms with Gasteiger partial charge in [0.05, 0.1) is 29.0 Å². The Labute approximate surface area is 170 Å². The lowest BCUT2D eigenvalue weighted by Crippen LogP contribution is -2.32. The molecule has 4 heterocycles. The molecule has 0 amide bonds. The summed E-state index contributed by atoms with van der Waals surface area (Å²) < 4.78 is 7.53. The Kier molecular flexibility index (Phi) is 3.79. The third kappa shape index (κ3) is 2.36. The standard InChI is InChI=1S/C19H12Br2N2O4/c20-5-11-9-3-8(21)1-2-14(9)22-16-12(11)6-23-15(16)4-10-13(18(23)25)7-27-19(26)17(10)24/h1-4,17,24H,5-7H2. The van der Waals surface area contributed by atoms with Crippen molar-refractivity contribution < 1.29 is 14.6 Å². The van der Waals surface area contributed by atoms with Crippen LogP contribution >= 0.6 is 31.9 Å². The van der Waals surface area contributed by atoms with Crippen molar-refractivity contribution in [1.82, 2.24) is 9.55 Å². The van der Waals surface area contributed by atoms with E-state index in [9.17, 15) is 14.7 Å². The van der Waals surface area contributed by atoms with E-state index < -0.39 is 12.1 Å². The van der Waals surface area contributed by atoms with Gasteiger partial charge in [0.2, 0.25) is 0 Å². The molecular formula is C19H12Br2N2O4. The molecule has 6 nitrogen and oxygen atoms in total. The number of nitrogens with zero attached hydrogens (tertiary/aromatic N) is 2. The van der Waals surface area contributed by atoms with Crippen molar-refractivity contribution in [2.24, 2.45) is 0 Å². The van der Waals surface area contributed by atoms with Gasteiger partial charge >= 0.3 is 5.97 Å². The summed E-state index contributed by atoms with van der Waals surface area (Å²) in [4.78, 5) is 29.5. The highest BCUT2D eigenvalue weighted by Gasteiger charge is 2.34. The number of halogens is 2. The van der Waals surface area contributed by atoms with E-state index in [1.165, 1.54) is 0 Å². The molecule has 2 aliphatic rings. The minimum absolute atomic E-state index is 0.117. The molecule has 27 heavy (non-hydrogen) atoms. The van der Waals surface area contributed by atoms with Crippen molar-refractivity contribution in [3.05, 3.63) is 61.3 Å². The molecule has 3 aromatic rings. The normalized spacial score (nSPS) is 17.4. The first-order valence-electron chi connectivity index (χ1n) is 8.28. The number of benzene rings is 1. The first-order valence-corrected chi connectivity index (χ1v) is 10.2. The summed E-state index contributed by atoms with van der Waals surface area (Å²) >= 11 is 7.07. The third-order valence-corrected chi connectivity index (χ3v) is 6.22. The summed E-state index contributed by atoms with van der Waals surface area (Å²) in [5.74, 6) is -0.734. The zero-order chi connectivity index (χ0) is 18.9. The van der Waals surface area contributed by atoms with Crippen LogP contribution in [0.1, 0.15) is 28.4 Å². The molecule has 0 aliphatic carbocycles. The molecule has 0 saturated carbocycles. The van der Waals surface area contributed by atoms with Crippen LogP contribution < -0.4 is 5.56 Å². The molecule has 2 aliphatic heterocycles. The average Bonchev–Trinajstić information content (AvgIpc) is 3.02. The highest BCUT2D eigenvalue weighted by atomic mass is 79.9. The second kappa shape index (κ2) is 5.98. The lowest BCUT2D eigenvalue weighted by atomic mass is 9.99. The summed E-state index contributed by atoms with van der Waals surface area (Å²) in [7, 11) is 0. The van der Waals surface area contributed by atoms with Gasteiger partial charge in [0, 0.05) is 26.3 Å². The molecule has 5 rings (SSSR count). The van der Waals surface area contributed by atoms with E-state index in [4.69, 9.17) is 9.72 Å². The second-order valence-corrected chi connectivity index (χ2v) is 8.05. The van der Waals surface area contributed by atoms with Crippen molar-refractivity contribution in [3.8, 4) is 11.4 Å². The van der Waals surface area contributed by atoms with Gasteiger partial charge in [-0.1, -0.05) is 31.9 Å². The molecule has 0 radical (unpaired) electrons. The molecule has 0 spiro atoms. The van der Waals surface area contributed by atoms with Gasteiger partial charge in [0.1, 0.15) is 6.61 Å². The molecule has 1 atom stereocenters. The molecule has 2 aromatic heterocycles. The fourth-order valence-corrected chi connectivity index (χ4v) is 4.83. The minimum Gasteiger partial charge on any atom is -0.458 e. The van der Waals surface area contributed by atoms with Crippen LogP contribution in [0.4, 0.5) is 0 Å². The maximum Gasteiger partial charge on any atom is 0.340 e. The number of cyclic esters (lactones) is 1. The first kappa shape index (κ1) is 17.1. The number of hydrogen-bond acceptors (Lipinski definition) is 5. The molecular weight excluding hydrogens is 480 g/mol. The van der Waals surface area contributed by atoms with Crippen LogP contribution in [0.15, 0.2) is 33.5 Å². The lowest BCUT2D eigenvalue weighted by Gasteiger charge is -2.21. The number of esters is 1. The van der Waals surface area contributed by atoms with E-state index in [-0.39, 0.29) is 12.2 Å². The highest BCUT2D eigenvalue weighted by molar-refractivity contribution is 9.10. The molecule has 0 fully saturated rings. The van der Waals surface area contributed by atoms with E-state index in [0.717, 1.165) is 26.5 Å². The Morgan fingerprint density at radius 1 is 1.26 bits per heavy atom. The van der Waals surface area contributed by atoms with Gasteiger partial charge in [-0.25, -0.2) is 9.78 Å². The molecule has 136 valence electrons. The predicted molar refractivity (Wildman–Crippen MR) is 106 cm³/mol. The van der Waals surface area contributed by atoms with Gasteiger partial charge in [0.25, 0.3) is 5.56 Å². The largest absolute Gasteiger partial charge is 0.458 e. The molecule has 0 saturated heterocycles. The van der Waals surface area contributed by atoms with Crippen LogP contribution in [0.25, 0.3) is 22.3 Å². The predicted octanol–water partition coefficient (Wildman–Crippen LogP) is 3.17. The van der Waals surface area contributed by atoms with Crippen LogP contribution in [0.3, 0.4) is 0 Å². The second-order valence-electron chi connectivity index (χ2n) is 6.58. The quantitative estimate of drug-likeness (QED) is 0.326. The van der Waals surface area contributed by atoms with Crippen LogP contribution in [-0.4, -0.2) is 20.6 Å². The van der Waals surface area contributed by atoms with Gasteiger partial charge in [-0.15, -0.1) is 0 Å². The zero-order valence-electron chi connectivity index (χ0n) is 13.8. The molecule has 1 N–H and O–H groups in total. The number of carbonyl (C=O) groups excluding carboxylic acids is 1. The Bertz CT molecular complexity index is 1220. The van der Waals surface area contributed by atoms with Crippen molar-refractivity contribution >= 4 is 48.7 Å². The van der Waals surface area contributed by atoms with E-state index in [1.807, 2.05) is 18.2 Å². The monoisotopic (exact) mass is 490 g/mol. The number of hydrogen-bond donors (Lipinski definition) is 1. The summed E-state index contributed by atoms with van der Waals surface area (Å²) in [5.41, 5.74) is 4.59. The van der Waals surface area contributed by atoms with Crippen molar-refractivity contribution in [2.75, 3.05) is 0 Å². The summed E-state index contributed by atoms with van der Waals surface area (Å²) in [5, 5.41) is 11.8. The number of alkyl halides is 1. The third-order valence-electron chi connectivity index (χ3n) is 5.17. The minimum atomic E-state index is -1.44. The Morgan fingerprint density at radius 3 is 2.85 bits per heavy atom. The Hall–Kier alpha value is -2.03. The van der Waals surface area contributed by atoms with Crippen LogP contribution in [0, 0.1) is 0 Å². The number of aliphatic hydroxyl groups excluding tert-OH is 1. The average molecular weight is 492 g/mol. The van der Waals surface area contributed by atoms with Gasteiger partial charge < -0.3 is 14.4 Å². The maximum absolute atomic E-state index is 13.0. The number of fused-ring (bicyclic) bond motifs is 5. The topological polar surface area (TPSA) is 81.4 Å². The van der Waals surface area contributed by atoms with Crippen LogP contribution in [-0.2, 0) is 28.0 Å². The number of carbonyl (C=O) groups is 1. The number of aromatic nitrogens is 2. The Balaban J connectivity index is 1.83. The Morgan fingerprint density at radius 2 is 2.07 bits per heavy atom. The van der Waals surface area contributed by atoms with E-state index in [2.05, 4.69) is 31.9 Å². The SMILES string of the molecule is O=C1OCc2c(cc3n(c2=O)Cc2c-3nc3ccc(Br)cc3c2CBr)C1O.